The Morgan fingerprint density at radius 1 is 1.17 bits per heavy atom. The van der Waals surface area contributed by atoms with E-state index >= 15 is 0 Å². The third kappa shape index (κ3) is 2.11. The molecular formula is C13H21Br2NO2. The molecule has 0 spiro atoms. The van der Waals surface area contributed by atoms with Crippen LogP contribution in [0.15, 0.2) is 0 Å². The van der Waals surface area contributed by atoms with Crippen LogP contribution in [0, 0.1) is 0 Å². The smallest absolute Gasteiger partial charge is 0.411 e. The highest BCUT2D eigenvalue weighted by Gasteiger charge is 2.74. The second-order valence-corrected chi connectivity index (χ2v) is 9.16. The van der Waals surface area contributed by atoms with E-state index in [1.54, 1.807) is 0 Å². The van der Waals surface area contributed by atoms with Crippen molar-refractivity contribution in [2.75, 3.05) is 0 Å². The van der Waals surface area contributed by atoms with Crippen LogP contribution in [0.5, 0.6) is 0 Å². The van der Waals surface area contributed by atoms with Gasteiger partial charge in [-0.2, -0.15) is 0 Å². The zero-order valence-corrected chi connectivity index (χ0v) is 14.8. The van der Waals surface area contributed by atoms with Gasteiger partial charge in [-0.1, -0.05) is 31.9 Å². The number of carbonyl (C=O) groups is 1. The Bertz CT molecular complexity index is 360. The fourth-order valence-electron chi connectivity index (χ4n) is 3.08. The normalized spacial score (nSPS) is 43.4. The van der Waals surface area contributed by atoms with Gasteiger partial charge in [0, 0.05) is 9.65 Å². The lowest BCUT2D eigenvalue weighted by Crippen LogP contribution is -2.36. The molecule has 1 saturated heterocycles. The van der Waals surface area contributed by atoms with Crippen molar-refractivity contribution in [2.24, 2.45) is 0 Å². The molecule has 5 heteroatoms. The van der Waals surface area contributed by atoms with Crippen LogP contribution in [0.2, 0.25) is 0 Å². The molecule has 4 atom stereocenters. The molecule has 0 aromatic rings. The van der Waals surface area contributed by atoms with E-state index in [0.717, 1.165) is 12.8 Å². The van der Waals surface area contributed by atoms with Crippen LogP contribution in [0.3, 0.4) is 0 Å². The van der Waals surface area contributed by atoms with Crippen LogP contribution >= 0.6 is 31.9 Å². The molecular weight excluding hydrogens is 362 g/mol. The summed E-state index contributed by atoms with van der Waals surface area (Å²) in [5.41, 5.74) is -0.585. The summed E-state index contributed by atoms with van der Waals surface area (Å²) >= 11 is 7.38. The van der Waals surface area contributed by atoms with E-state index in [-0.39, 0.29) is 17.2 Å². The van der Waals surface area contributed by atoms with Gasteiger partial charge in [0.1, 0.15) is 5.60 Å². The Balaban J connectivity index is 2.15. The molecule has 104 valence electrons. The molecule has 1 heterocycles. The molecule has 1 saturated carbocycles. The van der Waals surface area contributed by atoms with Crippen molar-refractivity contribution in [1.29, 1.82) is 0 Å². The molecule has 0 N–H and O–H groups in total. The van der Waals surface area contributed by atoms with Crippen LogP contribution in [0.25, 0.3) is 0 Å². The Morgan fingerprint density at radius 3 is 1.89 bits per heavy atom. The van der Waals surface area contributed by atoms with Gasteiger partial charge in [-0.3, -0.25) is 4.90 Å². The molecule has 0 aromatic carbocycles. The second-order valence-electron chi connectivity index (χ2n) is 6.80. The fourth-order valence-corrected chi connectivity index (χ4v) is 4.72. The fraction of sp³-hybridized carbons (Fsp3) is 0.923. The summed E-state index contributed by atoms with van der Waals surface area (Å²) in [4.78, 5) is 15.0. The average molecular weight is 383 g/mol. The summed E-state index contributed by atoms with van der Waals surface area (Å²) in [6, 6.07) is 0. The van der Waals surface area contributed by atoms with Crippen molar-refractivity contribution in [3.8, 4) is 0 Å². The number of halogens is 2. The highest BCUT2D eigenvalue weighted by Crippen LogP contribution is 2.62. The quantitative estimate of drug-likeness (QED) is 0.466. The molecule has 0 aromatic heterocycles. The van der Waals surface area contributed by atoms with Gasteiger partial charge in [-0.25, -0.2) is 4.79 Å². The molecule has 0 radical (unpaired) electrons. The molecule has 2 rings (SSSR count). The highest BCUT2D eigenvalue weighted by atomic mass is 79.9. The maximum Gasteiger partial charge on any atom is 0.411 e. The third-order valence-corrected chi connectivity index (χ3v) is 6.88. The molecule has 3 nitrogen and oxygen atoms in total. The van der Waals surface area contributed by atoms with Gasteiger partial charge in [0.15, 0.2) is 0 Å². The zero-order chi connectivity index (χ0) is 13.9. The first-order valence-corrected chi connectivity index (χ1v) is 8.16. The lowest BCUT2D eigenvalue weighted by molar-refractivity contribution is 0.0358. The van der Waals surface area contributed by atoms with E-state index in [9.17, 15) is 4.79 Å². The predicted octanol–water partition coefficient (Wildman–Crippen LogP) is 4.08. The van der Waals surface area contributed by atoms with Gasteiger partial charge in [0.2, 0.25) is 0 Å². The predicted molar refractivity (Wildman–Crippen MR) is 79.5 cm³/mol. The van der Waals surface area contributed by atoms with Crippen LogP contribution < -0.4 is 0 Å². The van der Waals surface area contributed by atoms with Crippen LogP contribution in [-0.4, -0.2) is 37.3 Å². The first kappa shape index (κ1) is 14.6. The minimum absolute atomic E-state index is 0.0756. The van der Waals surface area contributed by atoms with Crippen molar-refractivity contribution in [2.45, 2.75) is 73.8 Å². The minimum Gasteiger partial charge on any atom is -0.444 e. The first-order valence-electron chi connectivity index (χ1n) is 6.33. The number of fused-ring (bicyclic) bond motifs is 1. The van der Waals surface area contributed by atoms with Gasteiger partial charge in [-0.05, 0) is 47.5 Å². The lowest BCUT2D eigenvalue weighted by Gasteiger charge is -2.28. The van der Waals surface area contributed by atoms with E-state index in [1.165, 1.54) is 0 Å². The van der Waals surface area contributed by atoms with E-state index in [4.69, 9.17) is 4.74 Å². The largest absolute Gasteiger partial charge is 0.444 e. The SMILES string of the molecule is CC(C)(C)OC(=O)N1[C@]2(C)C[C@H](Br)[C@H](Br)C[C@]12C. The van der Waals surface area contributed by atoms with E-state index in [2.05, 4.69) is 45.7 Å². The van der Waals surface area contributed by atoms with Gasteiger partial charge in [0.25, 0.3) is 0 Å². The maximum absolute atomic E-state index is 12.3. The summed E-state index contributed by atoms with van der Waals surface area (Å²) in [7, 11) is 0. The number of ether oxygens (including phenoxy) is 1. The number of likely N-dealkylation sites (tertiary alicyclic amines) is 1. The molecule has 2 aliphatic rings. The molecule has 0 unspecified atom stereocenters. The molecule has 1 amide bonds. The number of amides is 1. The van der Waals surface area contributed by atoms with Crippen molar-refractivity contribution >= 4 is 38.0 Å². The van der Waals surface area contributed by atoms with Crippen LogP contribution in [0.4, 0.5) is 4.79 Å². The molecule has 18 heavy (non-hydrogen) atoms. The van der Waals surface area contributed by atoms with E-state index < -0.39 is 5.60 Å². The highest BCUT2D eigenvalue weighted by molar-refractivity contribution is 9.12. The van der Waals surface area contributed by atoms with Gasteiger partial charge < -0.3 is 4.74 Å². The van der Waals surface area contributed by atoms with Crippen LogP contribution in [-0.2, 0) is 4.74 Å². The van der Waals surface area contributed by atoms with Crippen molar-refractivity contribution in [3.05, 3.63) is 0 Å². The van der Waals surface area contributed by atoms with Crippen molar-refractivity contribution in [3.63, 3.8) is 0 Å². The van der Waals surface area contributed by atoms with Gasteiger partial charge >= 0.3 is 6.09 Å². The number of rotatable bonds is 0. The Labute approximate surface area is 126 Å². The number of carbonyl (C=O) groups excluding carboxylic acids is 1. The van der Waals surface area contributed by atoms with E-state index in [1.807, 2.05) is 25.7 Å². The molecule has 0 bridgehead atoms. The number of nitrogens with zero attached hydrogens (tertiary/aromatic N) is 1. The number of alkyl halides is 2. The molecule has 1 aliphatic heterocycles. The standard InChI is InChI=1S/C13H21Br2NO2/c1-11(2,3)18-10(17)16-12(4)6-8(14)9(15)7-13(12,16)5/h8-9H,6-7H2,1-5H3/t8-,9+,12+,13-,16?. The number of hydrogen-bond acceptors (Lipinski definition) is 2. The Morgan fingerprint density at radius 2 is 1.56 bits per heavy atom. The number of hydrogen-bond donors (Lipinski definition) is 0. The summed E-state index contributed by atoms with van der Waals surface area (Å²) in [6.45, 7) is 10.0. The lowest BCUT2D eigenvalue weighted by atomic mass is 9.82. The topological polar surface area (TPSA) is 29.3 Å². The van der Waals surface area contributed by atoms with Crippen molar-refractivity contribution in [1.82, 2.24) is 4.90 Å². The minimum atomic E-state index is -0.433. The molecule has 1 aliphatic carbocycles. The summed E-state index contributed by atoms with van der Waals surface area (Å²) in [5.74, 6) is 0. The first-order chi connectivity index (χ1) is 8.01. The van der Waals surface area contributed by atoms with Crippen LogP contribution in [0.1, 0.15) is 47.5 Å². The third-order valence-electron chi connectivity index (χ3n) is 4.25. The Hall–Kier alpha value is 0.230. The Kier molecular flexibility index (Phi) is 3.34. The summed E-state index contributed by atoms with van der Waals surface area (Å²) in [5, 5.41) is 0. The van der Waals surface area contributed by atoms with Gasteiger partial charge in [-0.15, -0.1) is 0 Å². The second kappa shape index (κ2) is 4.11. The van der Waals surface area contributed by atoms with E-state index in [0.29, 0.717) is 9.65 Å². The maximum atomic E-state index is 12.3. The average Bonchev–Trinajstić information content (AvgIpc) is 2.59. The zero-order valence-electron chi connectivity index (χ0n) is 11.6. The summed E-state index contributed by atoms with van der Waals surface area (Å²) < 4.78 is 5.51. The van der Waals surface area contributed by atoms with Gasteiger partial charge in [0.05, 0.1) is 11.1 Å². The summed E-state index contributed by atoms with van der Waals surface area (Å²) in [6.07, 6.45) is 1.73. The van der Waals surface area contributed by atoms with Crippen molar-refractivity contribution < 1.29 is 9.53 Å². The monoisotopic (exact) mass is 381 g/mol. The molecule has 2 fully saturated rings.